The Morgan fingerprint density at radius 3 is 2.67 bits per heavy atom. The second-order valence-electron chi connectivity index (χ2n) is 5.52. The first kappa shape index (κ1) is 15.6. The first-order chi connectivity index (χ1) is 11.6. The minimum Gasteiger partial charge on any atom is -0.492 e. The van der Waals surface area contributed by atoms with Crippen LogP contribution in [0.3, 0.4) is 0 Å². The van der Waals surface area contributed by atoms with E-state index in [9.17, 15) is 9.59 Å². The number of hydrogen-bond acceptors (Lipinski definition) is 5. The lowest BCUT2D eigenvalue weighted by atomic mass is 10.2. The SMILES string of the molecule is N#Cc1cccc(OCCn2c(=O)c(C#N)cn(C3CC3)c2=O)c1. The number of aromatic nitrogens is 2. The lowest BCUT2D eigenvalue weighted by Gasteiger charge is -2.11. The van der Waals surface area contributed by atoms with Crippen LogP contribution in [0.25, 0.3) is 0 Å². The maximum Gasteiger partial charge on any atom is 0.331 e. The molecule has 1 aliphatic rings. The van der Waals surface area contributed by atoms with Crippen LogP contribution in [0.1, 0.15) is 30.0 Å². The summed E-state index contributed by atoms with van der Waals surface area (Å²) in [6, 6.07) is 10.5. The predicted octanol–water partition coefficient (Wildman–Crippen LogP) is 1.17. The molecule has 0 aliphatic heterocycles. The van der Waals surface area contributed by atoms with Crippen LogP contribution in [-0.4, -0.2) is 15.7 Å². The van der Waals surface area contributed by atoms with Gasteiger partial charge < -0.3 is 4.74 Å². The minimum absolute atomic E-state index is 0.0384. The lowest BCUT2D eigenvalue weighted by Crippen LogP contribution is -2.41. The van der Waals surface area contributed by atoms with E-state index in [1.165, 1.54) is 10.8 Å². The molecule has 120 valence electrons. The third kappa shape index (κ3) is 3.06. The lowest BCUT2D eigenvalue weighted by molar-refractivity contribution is 0.291. The normalized spacial score (nSPS) is 13.1. The smallest absolute Gasteiger partial charge is 0.331 e. The second-order valence-corrected chi connectivity index (χ2v) is 5.52. The number of rotatable bonds is 5. The second kappa shape index (κ2) is 6.43. The zero-order valence-electron chi connectivity index (χ0n) is 12.8. The van der Waals surface area contributed by atoms with Crippen LogP contribution in [0.5, 0.6) is 5.75 Å². The van der Waals surface area contributed by atoms with Crippen LogP contribution in [0.2, 0.25) is 0 Å². The van der Waals surface area contributed by atoms with Gasteiger partial charge in [-0.1, -0.05) is 6.07 Å². The fourth-order valence-corrected chi connectivity index (χ4v) is 2.42. The monoisotopic (exact) mass is 322 g/mol. The molecule has 3 rings (SSSR count). The Bertz CT molecular complexity index is 971. The Labute approximate surface area is 137 Å². The highest BCUT2D eigenvalue weighted by Gasteiger charge is 2.26. The number of benzene rings is 1. The van der Waals surface area contributed by atoms with Crippen LogP contribution in [0.15, 0.2) is 40.1 Å². The summed E-state index contributed by atoms with van der Waals surface area (Å²) in [5, 5.41) is 17.9. The summed E-state index contributed by atoms with van der Waals surface area (Å²) in [5.41, 5.74) is -0.607. The molecular formula is C17H14N4O3. The van der Waals surface area contributed by atoms with Gasteiger partial charge >= 0.3 is 5.69 Å². The van der Waals surface area contributed by atoms with Gasteiger partial charge in [-0.15, -0.1) is 0 Å². The fraction of sp³-hybridized carbons (Fsp3) is 0.294. The Balaban J connectivity index is 1.81. The van der Waals surface area contributed by atoms with Gasteiger partial charge in [0.1, 0.15) is 24.0 Å². The summed E-state index contributed by atoms with van der Waals surface area (Å²) in [4.78, 5) is 24.6. The quantitative estimate of drug-likeness (QED) is 0.822. The van der Waals surface area contributed by atoms with Crippen molar-refractivity contribution in [1.82, 2.24) is 9.13 Å². The number of nitriles is 2. The van der Waals surface area contributed by atoms with E-state index >= 15 is 0 Å². The highest BCUT2D eigenvalue weighted by Crippen LogP contribution is 2.33. The van der Waals surface area contributed by atoms with Gasteiger partial charge in [-0.3, -0.25) is 13.9 Å². The number of ether oxygens (including phenoxy) is 1. The third-order valence-corrected chi connectivity index (χ3v) is 3.80. The van der Waals surface area contributed by atoms with Crippen molar-refractivity contribution in [3.05, 3.63) is 62.4 Å². The van der Waals surface area contributed by atoms with Gasteiger partial charge in [0.15, 0.2) is 0 Å². The van der Waals surface area contributed by atoms with Gasteiger partial charge in [0.2, 0.25) is 0 Å². The van der Waals surface area contributed by atoms with E-state index in [0.717, 1.165) is 17.4 Å². The summed E-state index contributed by atoms with van der Waals surface area (Å²) in [6.45, 7) is 0.125. The van der Waals surface area contributed by atoms with Gasteiger partial charge in [-0.05, 0) is 31.0 Å². The predicted molar refractivity (Wildman–Crippen MR) is 84.6 cm³/mol. The molecule has 1 saturated carbocycles. The Morgan fingerprint density at radius 2 is 2.00 bits per heavy atom. The molecule has 0 bridgehead atoms. The molecule has 1 aromatic carbocycles. The summed E-state index contributed by atoms with van der Waals surface area (Å²) in [6.07, 6.45) is 3.09. The van der Waals surface area contributed by atoms with Crippen molar-refractivity contribution < 1.29 is 4.74 Å². The van der Waals surface area contributed by atoms with Crippen LogP contribution in [-0.2, 0) is 6.54 Å². The molecule has 0 spiro atoms. The number of nitrogens with zero attached hydrogens (tertiary/aromatic N) is 4. The molecule has 7 heteroatoms. The Kier molecular flexibility index (Phi) is 4.17. The molecule has 0 N–H and O–H groups in total. The van der Waals surface area contributed by atoms with Crippen LogP contribution >= 0.6 is 0 Å². The molecule has 0 amide bonds. The first-order valence-corrected chi connectivity index (χ1v) is 7.53. The van der Waals surface area contributed by atoms with Gasteiger partial charge in [0.25, 0.3) is 5.56 Å². The Morgan fingerprint density at radius 1 is 1.21 bits per heavy atom. The van der Waals surface area contributed by atoms with E-state index < -0.39 is 11.2 Å². The van der Waals surface area contributed by atoms with Crippen molar-refractivity contribution in [1.29, 1.82) is 10.5 Å². The minimum atomic E-state index is -0.603. The van der Waals surface area contributed by atoms with Crippen molar-refractivity contribution >= 4 is 0 Å². The van der Waals surface area contributed by atoms with Gasteiger partial charge in [0.05, 0.1) is 18.2 Å². The van der Waals surface area contributed by atoms with Crippen molar-refractivity contribution in [2.24, 2.45) is 0 Å². The highest BCUT2D eigenvalue weighted by molar-refractivity contribution is 5.36. The molecule has 0 atom stereocenters. The molecule has 1 aromatic heterocycles. The van der Waals surface area contributed by atoms with Crippen LogP contribution in [0.4, 0.5) is 0 Å². The van der Waals surface area contributed by atoms with Gasteiger partial charge in [-0.25, -0.2) is 4.79 Å². The van der Waals surface area contributed by atoms with Gasteiger partial charge in [0, 0.05) is 12.2 Å². The molecule has 0 saturated heterocycles. The molecular weight excluding hydrogens is 308 g/mol. The maximum atomic E-state index is 12.4. The largest absolute Gasteiger partial charge is 0.492 e. The van der Waals surface area contributed by atoms with E-state index in [2.05, 4.69) is 0 Å². The van der Waals surface area contributed by atoms with Crippen molar-refractivity contribution in [3.8, 4) is 17.9 Å². The molecule has 24 heavy (non-hydrogen) atoms. The van der Waals surface area contributed by atoms with E-state index in [4.69, 9.17) is 15.3 Å². The molecule has 7 nitrogen and oxygen atoms in total. The molecule has 1 heterocycles. The van der Waals surface area contributed by atoms with Gasteiger partial charge in [-0.2, -0.15) is 10.5 Å². The molecule has 0 unspecified atom stereocenters. The fourth-order valence-electron chi connectivity index (χ4n) is 2.42. The Hall–Kier alpha value is -3.32. The standard InChI is InChI=1S/C17H14N4O3/c18-9-12-2-1-3-15(8-12)24-7-6-20-16(22)13(10-19)11-21(17(20)23)14-4-5-14/h1-3,8,11,14H,4-7H2. The van der Waals surface area contributed by atoms with E-state index in [-0.39, 0.29) is 24.8 Å². The number of hydrogen-bond donors (Lipinski definition) is 0. The van der Waals surface area contributed by atoms with E-state index in [0.29, 0.717) is 11.3 Å². The molecule has 2 aromatic rings. The topological polar surface area (TPSA) is 101 Å². The zero-order chi connectivity index (χ0) is 17.1. The average Bonchev–Trinajstić information content (AvgIpc) is 3.43. The summed E-state index contributed by atoms with van der Waals surface area (Å²) in [7, 11) is 0. The summed E-state index contributed by atoms with van der Waals surface area (Å²) in [5.74, 6) is 0.487. The average molecular weight is 322 g/mol. The summed E-state index contributed by atoms with van der Waals surface area (Å²) >= 11 is 0. The molecule has 1 fully saturated rings. The maximum absolute atomic E-state index is 12.4. The third-order valence-electron chi connectivity index (χ3n) is 3.80. The van der Waals surface area contributed by atoms with Crippen LogP contribution < -0.4 is 16.0 Å². The van der Waals surface area contributed by atoms with Crippen LogP contribution in [0, 0.1) is 22.7 Å². The van der Waals surface area contributed by atoms with Crippen molar-refractivity contribution in [2.75, 3.05) is 6.61 Å². The highest BCUT2D eigenvalue weighted by atomic mass is 16.5. The van der Waals surface area contributed by atoms with Crippen molar-refractivity contribution in [3.63, 3.8) is 0 Å². The molecule has 0 radical (unpaired) electrons. The van der Waals surface area contributed by atoms with E-state index in [1.807, 2.05) is 12.1 Å². The van der Waals surface area contributed by atoms with E-state index in [1.54, 1.807) is 24.3 Å². The summed E-state index contributed by atoms with van der Waals surface area (Å²) < 4.78 is 8.00. The first-order valence-electron chi connectivity index (χ1n) is 7.53. The molecule has 1 aliphatic carbocycles. The van der Waals surface area contributed by atoms with Crippen molar-refractivity contribution in [2.45, 2.75) is 25.4 Å². The zero-order valence-corrected chi connectivity index (χ0v) is 12.8.